The Bertz CT molecular complexity index is 334. The SMILES string of the molecule is CC(C)C(=O)CCCn1nccc1CC[18F]. The summed E-state index contributed by atoms with van der Waals surface area (Å²) in [6.07, 6.45) is 3.43. The van der Waals surface area contributed by atoms with Crippen LogP contribution in [0.5, 0.6) is 0 Å². The summed E-state index contributed by atoms with van der Waals surface area (Å²) in [7, 11) is 0. The van der Waals surface area contributed by atoms with Crippen LogP contribution in [0.4, 0.5) is 4.39 Å². The average Bonchev–Trinajstić information content (AvgIpc) is 2.66. The monoisotopic (exact) mass is 225 g/mol. The first-order valence-corrected chi connectivity index (χ1v) is 5.74. The molecule has 0 N–H and O–H groups in total. The number of hydrogen-bond acceptors (Lipinski definition) is 2. The average molecular weight is 225 g/mol. The van der Waals surface area contributed by atoms with E-state index in [1.54, 1.807) is 10.9 Å². The van der Waals surface area contributed by atoms with E-state index < -0.39 is 0 Å². The van der Waals surface area contributed by atoms with E-state index in [9.17, 15) is 9.18 Å². The van der Waals surface area contributed by atoms with Crippen LogP contribution in [0.25, 0.3) is 0 Å². The van der Waals surface area contributed by atoms with Crippen molar-refractivity contribution in [3.05, 3.63) is 18.0 Å². The van der Waals surface area contributed by atoms with Gasteiger partial charge in [0.15, 0.2) is 0 Å². The minimum atomic E-state index is -0.364. The maximum atomic E-state index is 12.2. The second-order valence-corrected chi connectivity index (χ2v) is 4.21. The molecule has 0 saturated heterocycles. The number of Topliss-reactive ketones (excluding diaryl/α,β-unsaturated/α-hetero) is 1. The van der Waals surface area contributed by atoms with Crippen LogP contribution in [0.15, 0.2) is 12.3 Å². The fraction of sp³-hybridized carbons (Fsp3) is 0.667. The molecule has 0 bridgehead atoms. The molecule has 1 rings (SSSR count). The molecule has 0 amide bonds. The number of carbonyl (C=O) groups excluding carboxylic acids is 1. The van der Waals surface area contributed by atoms with Crippen LogP contribution in [-0.2, 0) is 17.8 Å². The first-order valence-electron chi connectivity index (χ1n) is 5.74. The molecule has 0 aliphatic carbocycles. The van der Waals surface area contributed by atoms with Crippen molar-refractivity contribution in [3.63, 3.8) is 0 Å². The molecule has 0 fully saturated rings. The Labute approximate surface area is 95.7 Å². The van der Waals surface area contributed by atoms with Gasteiger partial charge in [0.2, 0.25) is 0 Å². The Hall–Kier alpha value is -1.19. The summed E-state index contributed by atoms with van der Waals surface area (Å²) in [5, 5.41) is 4.12. The van der Waals surface area contributed by atoms with Crippen molar-refractivity contribution in [2.24, 2.45) is 5.92 Å². The van der Waals surface area contributed by atoms with Crippen molar-refractivity contribution in [2.45, 2.75) is 39.7 Å². The Morgan fingerprint density at radius 2 is 2.31 bits per heavy atom. The van der Waals surface area contributed by atoms with Gasteiger partial charge in [-0.3, -0.25) is 13.9 Å². The summed E-state index contributed by atoms with van der Waals surface area (Å²) in [6.45, 7) is 4.15. The van der Waals surface area contributed by atoms with E-state index in [2.05, 4.69) is 5.10 Å². The Kier molecular flexibility index (Phi) is 5.15. The summed E-state index contributed by atoms with van der Waals surface area (Å²) in [5.41, 5.74) is 0.902. The molecule has 0 spiro atoms. The van der Waals surface area contributed by atoms with Crippen molar-refractivity contribution in [3.8, 4) is 0 Å². The van der Waals surface area contributed by atoms with Crippen molar-refractivity contribution in [1.29, 1.82) is 0 Å². The Balaban J connectivity index is 2.37. The second-order valence-electron chi connectivity index (χ2n) is 4.21. The third-order valence-corrected chi connectivity index (χ3v) is 2.59. The number of alkyl halides is 1. The van der Waals surface area contributed by atoms with E-state index in [1.165, 1.54) is 0 Å². The molecule has 0 saturated carbocycles. The van der Waals surface area contributed by atoms with E-state index >= 15 is 0 Å². The van der Waals surface area contributed by atoms with Crippen molar-refractivity contribution >= 4 is 5.78 Å². The molecule has 0 aliphatic rings. The van der Waals surface area contributed by atoms with E-state index in [4.69, 9.17) is 0 Å². The molecular formula is C12H19FN2O. The largest absolute Gasteiger partial charge is 0.299 e. The Morgan fingerprint density at radius 1 is 1.56 bits per heavy atom. The number of hydrogen-bond donors (Lipinski definition) is 0. The van der Waals surface area contributed by atoms with Gasteiger partial charge >= 0.3 is 0 Å². The number of halogens is 1. The van der Waals surface area contributed by atoms with Crippen LogP contribution in [-0.4, -0.2) is 22.2 Å². The molecule has 1 aromatic heterocycles. The topological polar surface area (TPSA) is 34.9 Å². The highest BCUT2D eigenvalue weighted by Gasteiger charge is 2.07. The fourth-order valence-corrected chi connectivity index (χ4v) is 1.56. The van der Waals surface area contributed by atoms with Gasteiger partial charge in [-0.05, 0) is 12.5 Å². The minimum Gasteiger partial charge on any atom is -0.299 e. The molecule has 1 aromatic rings. The van der Waals surface area contributed by atoms with Gasteiger partial charge in [0.1, 0.15) is 5.78 Å². The van der Waals surface area contributed by atoms with E-state index in [1.807, 2.05) is 19.9 Å². The van der Waals surface area contributed by atoms with Gasteiger partial charge in [0.25, 0.3) is 0 Å². The third-order valence-electron chi connectivity index (χ3n) is 2.59. The zero-order chi connectivity index (χ0) is 12.0. The van der Waals surface area contributed by atoms with Crippen molar-refractivity contribution in [2.75, 3.05) is 6.67 Å². The highest BCUT2D eigenvalue weighted by Crippen LogP contribution is 2.06. The predicted molar refractivity (Wildman–Crippen MR) is 61.0 cm³/mol. The number of rotatable bonds is 7. The zero-order valence-electron chi connectivity index (χ0n) is 9.95. The summed E-state index contributed by atoms with van der Waals surface area (Å²) >= 11 is 0. The number of aromatic nitrogens is 2. The first kappa shape index (κ1) is 12.9. The normalized spacial score (nSPS) is 11.0. The smallest absolute Gasteiger partial charge is 0.135 e. The van der Waals surface area contributed by atoms with Gasteiger partial charge in [-0.25, -0.2) is 0 Å². The van der Waals surface area contributed by atoms with E-state index in [-0.39, 0.29) is 18.4 Å². The van der Waals surface area contributed by atoms with E-state index in [0.29, 0.717) is 19.4 Å². The fourth-order valence-electron chi connectivity index (χ4n) is 1.56. The van der Waals surface area contributed by atoms with E-state index in [0.717, 1.165) is 12.1 Å². The molecule has 0 radical (unpaired) electrons. The lowest BCUT2D eigenvalue weighted by Gasteiger charge is -2.07. The zero-order valence-corrected chi connectivity index (χ0v) is 9.95. The molecule has 16 heavy (non-hydrogen) atoms. The number of carbonyl (C=O) groups is 1. The van der Waals surface area contributed by atoms with Gasteiger partial charge in [-0.2, -0.15) is 5.10 Å². The second kappa shape index (κ2) is 6.40. The van der Waals surface area contributed by atoms with Crippen molar-refractivity contribution in [1.82, 2.24) is 9.78 Å². The van der Waals surface area contributed by atoms with Crippen LogP contribution in [0, 0.1) is 5.92 Å². The lowest BCUT2D eigenvalue weighted by atomic mass is 10.0. The highest BCUT2D eigenvalue weighted by molar-refractivity contribution is 5.80. The van der Waals surface area contributed by atoms with Crippen LogP contribution in [0.1, 0.15) is 32.4 Å². The molecule has 0 unspecified atom stereocenters. The van der Waals surface area contributed by atoms with Crippen LogP contribution in [0.3, 0.4) is 0 Å². The molecule has 0 atom stereocenters. The van der Waals surface area contributed by atoms with Gasteiger partial charge in [-0.15, -0.1) is 0 Å². The minimum absolute atomic E-state index is 0.0999. The standard InChI is InChI=1S/C12H19FN2O/c1-10(2)12(16)4-3-9-15-11(5-7-13)6-8-14-15/h6,8,10H,3-5,7,9H2,1-2H3/i13-1. The van der Waals surface area contributed by atoms with Crippen LogP contribution < -0.4 is 0 Å². The maximum absolute atomic E-state index is 12.2. The lowest BCUT2D eigenvalue weighted by molar-refractivity contribution is -0.122. The molecule has 0 aliphatic heterocycles. The van der Waals surface area contributed by atoms with Gasteiger partial charge in [0.05, 0.1) is 6.67 Å². The number of ketones is 1. The number of nitrogens with zero attached hydrogens (tertiary/aromatic N) is 2. The molecule has 1 heterocycles. The number of aryl methyl sites for hydroxylation is 2. The Morgan fingerprint density at radius 3 is 2.94 bits per heavy atom. The van der Waals surface area contributed by atoms with Gasteiger partial charge in [0, 0.05) is 37.2 Å². The highest BCUT2D eigenvalue weighted by atomic mass is 18.2. The van der Waals surface area contributed by atoms with Crippen LogP contribution in [0.2, 0.25) is 0 Å². The van der Waals surface area contributed by atoms with Gasteiger partial charge in [-0.1, -0.05) is 13.8 Å². The van der Waals surface area contributed by atoms with Crippen molar-refractivity contribution < 1.29 is 9.18 Å². The summed E-state index contributed by atoms with van der Waals surface area (Å²) in [4.78, 5) is 11.4. The summed E-state index contributed by atoms with van der Waals surface area (Å²) in [6, 6.07) is 1.82. The molecular weight excluding hydrogens is 206 g/mol. The first-order chi connectivity index (χ1) is 7.65. The molecule has 90 valence electrons. The molecule has 4 heteroatoms. The third kappa shape index (κ3) is 3.76. The van der Waals surface area contributed by atoms with Gasteiger partial charge < -0.3 is 0 Å². The maximum Gasteiger partial charge on any atom is 0.135 e. The molecule has 3 nitrogen and oxygen atoms in total. The molecule has 0 aromatic carbocycles. The van der Waals surface area contributed by atoms with Crippen LogP contribution >= 0.6 is 0 Å². The summed E-state index contributed by atoms with van der Waals surface area (Å²) < 4.78 is 14.0. The predicted octanol–water partition coefficient (Wildman–Crippen LogP) is 2.40. The summed E-state index contributed by atoms with van der Waals surface area (Å²) in [5.74, 6) is 0.377. The lowest BCUT2D eigenvalue weighted by Crippen LogP contribution is -2.10. The quantitative estimate of drug-likeness (QED) is 0.714.